The third kappa shape index (κ3) is 5.80. The largest absolute Gasteiger partial charge is 0.493 e. The number of ether oxygens (including phenoxy) is 1. The lowest BCUT2D eigenvalue weighted by Crippen LogP contribution is -2.49. The van der Waals surface area contributed by atoms with Crippen LogP contribution in [0.4, 0.5) is 5.69 Å². The third-order valence-corrected chi connectivity index (χ3v) is 7.65. The zero-order chi connectivity index (χ0) is 25.0. The van der Waals surface area contributed by atoms with Crippen LogP contribution in [-0.2, 0) is 32.6 Å². The minimum absolute atomic E-state index is 0.0934. The second-order valence-electron chi connectivity index (χ2n) is 8.68. The highest BCUT2D eigenvalue weighted by Crippen LogP contribution is 2.28. The molecule has 186 valence electrons. The molecule has 0 aromatic heterocycles. The number of nitrogens with two attached hydrogens (primary N) is 1. The summed E-state index contributed by atoms with van der Waals surface area (Å²) < 4.78 is 34.0. The van der Waals surface area contributed by atoms with Crippen LogP contribution in [0.3, 0.4) is 0 Å². The van der Waals surface area contributed by atoms with Gasteiger partial charge in [-0.25, -0.2) is 8.42 Å². The van der Waals surface area contributed by atoms with E-state index in [1.54, 1.807) is 30.3 Å². The Kier molecular flexibility index (Phi) is 7.37. The quantitative estimate of drug-likeness (QED) is 0.316. The van der Waals surface area contributed by atoms with Crippen molar-refractivity contribution in [1.82, 2.24) is 14.9 Å². The molecular formula is C24H29N5O5S. The molecule has 1 saturated heterocycles. The molecule has 2 heterocycles. The fourth-order valence-corrected chi connectivity index (χ4v) is 5.52. The standard InChI is InChI=1S/C24H29N5O5S/c25-13-18-11-16(4-6-20(18)26)14-27-23(30)15-29-9-2-1-3-21(24(29)31)28-35(32,33)19-5-7-22-17(12-19)8-10-34-22/h4-7,11-13,21,25,28H,1-3,8-10,14-15,26H2,(H,27,30)/t21-/m0/s1. The third-order valence-electron chi connectivity index (χ3n) is 6.18. The van der Waals surface area contributed by atoms with Crippen LogP contribution in [0.25, 0.3) is 0 Å². The van der Waals surface area contributed by atoms with Gasteiger partial charge in [-0.2, -0.15) is 4.72 Å². The van der Waals surface area contributed by atoms with Gasteiger partial charge >= 0.3 is 0 Å². The van der Waals surface area contributed by atoms with Crippen molar-refractivity contribution in [3.05, 3.63) is 53.1 Å². The molecule has 1 atom stereocenters. The first-order valence-electron chi connectivity index (χ1n) is 11.5. The molecule has 2 aliphatic rings. The molecule has 4 rings (SSSR count). The van der Waals surface area contributed by atoms with Crippen molar-refractivity contribution >= 4 is 33.7 Å². The van der Waals surface area contributed by atoms with E-state index in [9.17, 15) is 18.0 Å². The van der Waals surface area contributed by atoms with E-state index >= 15 is 0 Å². The van der Waals surface area contributed by atoms with Gasteiger partial charge in [-0.05, 0) is 60.7 Å². The molecule has 0 spiro atoms. The molecule has 5 N–H and O–H groups in total. The molecule has 2 aromatic carbocycles. The van der Waals surface area contributed by atoms with Gasteiger partial charge in [0, 0.05) is 37.0 Å². The predicted molar refractivity (Wildman–Crippen MR) is 131 cm³/mol. The average Bonchev–Trinajstić information content (AvgIpc) is 3.25. The van der Waals surface area contributed by atoms with Crippen LogP contribution in [-0.4, -0.2) is 57.1 Å². The minimum atomic E-state index is -3.92. The van der Waals surface area contributed by atoms with Crippen LogP contribution in [0, 0.1) is 5.41 Å². The SMILES string of the molecule is N=Cc1cc(CNC(=O)CN2CCCC[C@H](NS(=O)(=O)c3ccc4c(c3)CCO4)C2=O)ccc1N. The van der Waals surface area contributed by atoms with E-state index < -0.39 is 22.0 Å². The average molecular weight is 500 g/mol. The summed E-state index contributed by atoms with van der Waals surface area (Å²) in [5.41, 5.74) is 8.43. The highest BCUT2D eigenvalue weighted by atomic mass is 32.2. The summed E-state index contributed by atoms with van der Waals surface area (Å²) in [6.45, 7) is 0.951. The molecule has 2 aromatic rings. The molecule has 11 heteroatoms. The first-order chi connectivity index (χ1) is 16.8. The number of carbonyl (C=O) groups excluding carboxylic acids is 2. The minimum Gasteiger partial charge on any atom is -0.493 e. The lowest BCUT2D eigenvalue weighted by molar-refractivity contribution is -0.136. The van der Waals surface area contributed by atoms with Crippen molar-refractivity contribution in [3.63, 3.8) is 0 Å². The second-order valence-corrected chi connectivity index (χ2v) is 10.4. The van der Waals surface area contributed by atoms with Crippen molar-refractivity contribution in [2.45, 2.75) is 43.2 Å². The van der Waals surface area contributed by atoms with Gasteiger partial charge in [0.1, 0.15) is 11.8 Å². The highest BCUT2D eigenvalue weighted by Gasteiger charge is 2.32. The number of sulfonamides is 1. The van der Waals surface area contributed by atoms with Gasteiger partial charge < -0.3 is 26.1 Å². The van der Waals surface area contributed by atoms with E-state index in [4.69, 9.17) is 15.9 Å². The second kappa shape index (κ2) is 10.4. The Morgan fingerprint density at radius 2 is 2.06 bits per heavy atom. The number of rotatable bonds is 8. The van der Waals surface area contributed by atoms with Crippen molar-refractivity contribution in [3.8, 4) is 5.75 Å². The topological polar surface area (TPSA) is 155 Å². The van der Waals surface area contributed by atoms with Crippen molar-refractivity contribution in [2.24, 2.45) is 0 Å². The van der Waals surface area contributed by atoms with E-state index in [-0.39, 0.29) is 23.9 Å². The van der Waals surface area contributed by atoms with Crippen LogP contribution < -0.4 is 20.5 Å². The first kappa shape index (κ1) is 24.7. The van der Waals surface area contributed by atoms with E-state index in [1.807, 2.05) is 0 Å². The number of carbonyl (C=O) groups is 2. The molecule has 2 amide bonds. The van der Waals surface area contributed by atoms with Gasteiger partial charge in [-0.15, -0.1) is 0 Å². The molecule has 0 aliphatic carbocycles. The fourth-order valence-electron chi connectivity index (χ4n) is 4.25. The van der Waals surface area contributed by atoms with Crippen LogP contribution >= 0.6 is 0 Å². The van der Waals surface area contributed by atoms with Gasteiger partial charge in [-0.3, -0.25) is 9.59 Å². The maximum atomic E-state index is 13.1. The molecule has 0 saturated carbocycles. The summed E-state index contributed by atoms with van der Waals surface area (Å²) in [6.07, 6.45) is 3.49. The van der Waals surface area contributed by atoms with Crippen LogP contribution in [0.1, 0.15) is 36.0 Å². The number of amides is 2. The number of benzene rings is 2. The van der Waals surface area contributed by atoms with E-state index in [0.29, 0.717) is 55.8 Å². The fraction of sp³-hybridized carbons (Fsp3) is 0.375. The number of nitrogens with one attached hydrogen (secondary N) is 3. The van der Waals surface area contributed by atoms with Crippen LogP contribution in [0.2, 0.25) is 0 Å². The Balaban J connectivity index is 1.38. The van der Waals surface area contributed by atoms with E-state index in [2.05, 4.69) is 10.0 Å². The normalized spacial score (nSPS) is 17.9. The Morgan fingerprint density at radius 3 is 2.86 bits per heavy atom. The summed E-state index contributed by atoms with van der Waals surface area (Å²) in [6, 6.07) is 8.90. The molecule has 35 heavy (non-hydrogen) atoms. The Hall–Kier alpha value is -3.44. The lowest BCUT2D eigenvalue weighted by Gasteiger charge is -2.24. The van der Waals surface area contributed by atoms with Crippen molar-refractivity contribution in [2.75, 3.05) is 25.4 Å². The number of nitrogens with zero attached hydrogens (tertiary/aromatic N) is 1. The number of hydrogen-bond acceptors (Lipinski definition) is 7. The van der Waals surface area contributed by atoms with Gasteiger partial charge in [0.15, 0.2) is 0 Å². The van der Waals surface area contributed by atoms with Gasteiger partial charge in [-0.1, -0.05) is 6.07 Å². The number of likely N-dealkylation sites (tertiary alicyclic amines) is 1. The lowest BCUT2D eigenvalue weighted by atomic mass is 10.1. The number of hydrogen-bond donors (Lipinski definition) is 4. The summed E-state index contributed by atoms with van der Waals surface area (Å²) >= 11 is 0. The van der Waals surface area contributed by atoms with E-state index in [0.717, 1.165) is 17.3 Å². The Morgan fingerprint density at radius 1 is 1.23 bits per heavy atom. The molecule has 0 bridgehead atoms. The van der Waals surface area contributed by atoms with Crippen LogP contribution in [0.5, 0.6) is 5.75 Å². The van der Waals surface area contributed by atoms with Gasteiger partial charge in [0.05, 0.1) is 18.0 Å². The first-order valence-corrected chi connectivity index (χ1v) is 13.0. The smallest absolute Gasteiger partial charge is 0.241 e. The van der Waals surface area contributed by atoms with Gasteiger partial charge in [0.25, 0.3) is 0 Å². The molecule has 2 aliphatic heterocycles. The van der Waals surface area contributed by atoms with E-state index in [1.165, 1.54) is 11.0 Å². The summed E-state index contributed by atoms with van der Waals surface area (Å²) in [7, 11) is -3.92. The molecule has 0 radical (unpaired) electrons. The molecular weight excluding hydrogens is 470 g/mol. The summed E-state index contributed by atoms with van der Waals surface area (Å²) in [4.78, 5) is 27.2. The Labute approximate surface area is 204 Å². The monoisotopic (exact) mass is 499 g/mol. The maximum absolute atomic E-state index is 13.1. The summed E-state index contributed by atoms with van der Waals surface area (Å²) in [5.74, 6) is -0.0855. The molecule has 0 unspecified atom stereocenters. The number of fused-ring (bicyclic) bond motifs is 1. The van der Waals surface area contributed by atoms with Gasteiger partial charge in [0.2, 0.25) is 21.8 Å². The molecule has 10 nitrogen and oxygen atoms in total. The van der Waals surface area contributed by atoms with Crippen molar-refractivity contribution < 1.29 is 22.7 Å². The zero-order valence-corrected chi connectivity index (χ0v) is 20.1. The highest BCUT2D eigenvalue weighted by molar-refractivity contribution is 7.89. The maximum Gasteiger partial charge on any atom is 0.241 e. The zero-order valence-electron chi connectivity index (χ0n) is 19.2. The van der Waals surface area contributed by atoms with Crippen molar-refractivity contribution in [1.29, 1.82) is 5.41 Å². The number of nitrogen functional groups attached to an aromatic ring is 1. The predicted octanol–water partition coefficient (Wildman–Crippen LogP) is 1.18. The van der Waals surface area contributed by atoms with Crippen LogP contribution in [0.15, 0.2) is 41.3 Å². The molecule has 1 fully saturated rings. The Bertz CT molecular complexity index is 1250. The number of anilines is 1. The summed E-state index contributed by atoms with van der Waals surface area (Å²) in [5, 5.41) is 10.2.